The maximum atomic E-state index is 11.6. The molecule has 0 aromatic carbocycles. The summed E-state index contributed by atoms with van der Waals surface area (Å²) in [5, 5.41) is 15.8. The first-order valence-corrected chi connectivity index (χ1v) is 5.91. The minimum absolute atomic E-state index is 0.0663. The molecular weight excluding hydrogens is 192 g/mol. The van der Waals surface area contributed by atoms with Crippen molar-refractivity contribution in [2.24, 2.45) is 0 Å². The fourth-order valence-corrected chi connectivity index (χ4v) is 2.09. The van der Waals surface area contributed by atoms with Crippen molar-refractivity contribution in [3.05, 3.63) is 0 Å². The second-order valence-corrected chi connectivity index (χ2v) is 4.78. The van der Waals surface area contributed by atoms with Gasteiger partial charge in [0.25, 0.3) is 0 Å². The molecular formula is C11H20N2O2. The number of carbonyl (C=O) groups excluding carboxylic acids is 1. The van der Waals surface area contributed by atoms with Crippen molar-refractivity contribution < 1.29 is 9.90 Å². The highest BCUT2D eigenvalue weighted by atomic mass is 16.3. The zero-order valence-corrected chi connectivity index (χ0v) is 9.20. The Morgan fingerprint density at radius 2 is 2.07 bits per heavy atom. The molecule has 3 atom stereocenters. The lowest BCUT2D eigenvalue weighted by Gasteiger charge is -2.21. The number of aliphatic hydroxyl groups is 1. The van der Waals surface area contributed by atoms with Crippen LogP contribution < -0.4 is 10.6 Å². The normalized spacial score (nSPS) is 32.7. The third-order valence-corrected chi connectivity index (χ3v) is 3.26. The van der Waals surface area contributed by atoms with Crippen molar-refractivity contribution in [3.8, 4) is 0 Å². The molecule has 15 heavy (non-hydrogen) atoms. The Morgan fingerprint density at radius 3 is 2.60 bits per heavy atom. The van der Waals surface area contributed by atoms with Gasteiger partial charge >= 0.3 is 0 Å². The highest BCUT2D eigenvalue weighted by Gasteiger charge is 2.30. The standard InChI is InChI=1S/C11H20N2O2/c1-7(11(15)13-8-5-6-8)12-9-3-2-4-10(9)14/h7-10,12,14H,2-6H2,1H3,(H,13,15)/t7?,9-,10-/m1/s1. The molecule has 2 aliphatic rings. The van der Waals surface area contributed by atoms with Gasteiger partial charge in [0, 0.05) is 12.1 Å². The summed E-state index contributed by atoms with van der Waals surface area (Å²) in [4.78, 5) is 11.6. The largest absolute Gasteiger partial charge is 0.392 e. The summed E-state index contributed by atoms with van der Waals surface area (Å²) >= 11 is 0. The maximum absolute atomic E-state index is 11.6. The van der Waals surface area contributed by atoms with Gasteiger partial charge < -0.3 is 15.7 Å². The Balaban J connectivity index is 1.74. The van der Waals surface area contributed by atoms with Crippen molar-refractivity contribution in [1.82, 2.24) is 10.6 Å². The number of carbonyl (C=O) groups is 1. The van der Waals surface area contributed by atoms with Crippen LogP contribution in [0.3, 0.4) is 0 Å². The van der Waals surface area contributed by atoms with Gasteiger partial charge in [-0.1, -0.05) is 0 Å². The number of rotatable bonds is 4. The van der Waals surface area contributed by atoms with E-state index in [1.54, 1.807) is 0 Å². The monoisotopic (exact) mass is 212 g/mol. The van der Waals surface area contributed by atoms with E-state index in [0.29, 0.717) is 6.04 Å². The molecule has 1 unspecified atom stereocenters. The number of nitrogens with one attached hydrogen (secondary N) is 2. The topological polar surface area (TPSA) is 61.4 Å². The summed E-state index contributed by atoms with van der Waals surface area (Å²) in [6, 6.07) is 0.323. The van der Waals surface area contributed by atoms with Gasteiger partial charge in [0.2, 0.25) is 5.91 Å². The fraction of sp³-hybridized carbons (Fsp3) is 0.909. The lowest BCUT2D eigenvalue weighted by Crippen LogP contribution is -2.49. The average Bonchev–Trinajstić information content (AvgIpc) is 2.92. The van der Waals surface area contributed by atoms with Gasteiger partial charge in [-0.15, -0.1) is 0 Å². The number of hydrogen-bond donors (Lipinski definition) is 3. The Hall–Kier alpha value is -0.610. The molecule has 3 N–H and O–H groups in total. The van der Waals surface area contributed by atoms with Crippen LogP contribution in [0.15, 0.2) is 0 Å². The summed E-state index contributed by atoms with van der Waals surface area (Å²) < 4.78 is 0. The molecule has 0 spiro atoms. The van der Waals surface area contributed by atoms with E-state index in [1.807, 2.05) is 6.92 Å². The average molecular weight is 212 g/mol. The van der Waals surface area contributed by atoms with Gasteiger partial charge in [0.05, 0.1) is 12.1 Å². The second kappa shape index (κ2) is 4.49. The lowest BCUT2D eigenvalue weighted by molar-refractivity contribution is -0.123. The summed E-state index contributed by atoms with van der Waals surface area (Å²) in [7, 11) is 0. The predicted molar refractivity (Wildman–Crippen MR) is 57.4 cm³/mol. The van der Waals surface area contributed by atoms with E-state index in [1.165, 1.54) is 0 Å². The number of hydrogen-bond acceptors (Lipinski definition) is 3. The van der Waals surface area contributed by atoms with E-state index in [9.17, 15) is 9.90 Å². The summed E-state index contributed by atoms with van der Waals surface area (Å²) in [6.45, 7) is 1.86. The SMILES string of the molecule is CC(N[C@@H]1CCC[C@H]1O)C(=O)NC1CC1. The van der Waals surface area contributed by atoms with Crippen molar-refractivity contribution in [3.63, 3.8) is 0 Å². The van der Waals surface area contributed by atoms with Gasteiger partial charge in [-0.3, -0.25) is 4.79 Å². The summed E-state index contributed by atoms with van der Waals surface area (Å²) in [6.07, 6.45) is 4.84. The molecule has 0 aliphatic heterocycles. The van der Waals surface area contributed by atoms with E-state index in [-0.39, 0.29) is 24.1 Å². The minimum Gasteiger partial charge on any atom is -0.392 e. The highest BCUT2D eigenvalue weighted by Crippen LogP contribution is 2.20. The Bertz CT molecular complexity index is 241. The van der Waals surface area contributed by atoms with Gasteiger partial charge in [0.1, 0.15) is 0 Å². The molecule has 0 saturated heterocycles. The van der Waals surface area contributed by atoms with Crippen LogP contribution in [0.2, 0.25) is 0 Å². The van der Waals surface area contributed by atoms with Crippen molar-refractivity contribution in [2.45, 2.75) is 63.3 Å². The van der Waals surface area contributed by atoms with E-state index in [0.717, 1.165) is 32.1 Å². The van der Waals surface area contributed by atoms with Gasteiger partial charge in [-0.25, -0.2) is 0 Å². The number of aliphatic hydroxyl groups excluding tert-OH is 1. The zero-order valence-electron chi connectivity index (χ0n) is 9.20. The third-order valence-electron chi connectivity index (χ3n) is 3.26. The fourth-order valence-electron chi connectivity index (χ4n) is 2.09. The van der Waals surface area contributed by atoms with E-state index in [2.05, 4.69) is 10.6 Å². The van der Waals surface area contributed by atoms with Crippen LogP contribution in [0.25, 0.3) is 0 Å². The van der Waals surface area contributed by atoms with Crippen LogP contribution in [0.1, 0.15) is 39.0 Å². The molecule has 0 aromatic rings. The quantitative estimate of drug-likeness (QED) is 0.622. The molecule has 0 heterocycles. The van der Waals surface area contributed by atoms with Crippen molar-refractivity contribution in [1.29, 1.82) is 0 Å². The molecule has 0 bridgehead atoms. The van der Waals surface area contributed by atoms with Gasteiger partial charge in [-0.2, -0.15) is 0 Å². The van der Waals surface area contributed by atoms with E-state index >= 15 is 0 Å². The zero-order chi connectivity index (χ0) is 10.8. The first-order valence-electron chi connectivity index (χ1n) is 5.91. The molecule has 86 valence electrons. The molecule has 4 nitrogen and oxygen atoms in total. The van der Waals surface area contributed by atoms with Crippen LogP contribution in [0, 0.1) is 0 Å². The van der Waals surface area contributed by atoms with Gasteiger partial charge in [-0.05, 0) is 39.0 Å². The first kappa shape index (κ1) is 10.9. The Morgan fingerprint density at radius 1 is 1.33 bits per heavy atom. The van der Waals surface area contributed by atoms with Crippen LogP contribution in [-0.4, -0.2) is 35.2 Å². The third kappa shape index (κ3) is 2.92. The van der Waals surface area contributed by atoms with Crippen LogP contribution in [0.5, 0.6) is 0 Å². The summed E-state index contributed by atoms with van der Waals surface area (Å²) in [5.41, 5.74) is 0. The van der Waals surface area contributed by atoms with Crippen LogP contribution in [0.4, 0.5) is 0 Å². The molecule has 0 radical (unpaired) electrons. The molecule has 2 aliphatic carbocycles. The molecule has 2 fully saturated rings. The minimum atomic E-state index is -0.277. The van der Waals surface area contributed by atoms with E-state index < -0.39 is 0 Å². The molecule has 0 aromatic heterocycles. The maximum Gasteiger partial charge on any atom is 0.237 e. The summed E-state index contributed by atoms with van der Waals surface area (Å²) in [5.74, 6) is 0.0663. The molecule has 2 saturated carbocycles. The Kier molecular flexibility index (Phi) is 3.26. The van der Waals surface area contributed by atoms with E-state index in [4.69, 9.17) is 0 Å². The molecule has 4 heteroatoms. The Labute approximate surface area is 90.4 Å². The van der Waals surface area contributed by atoms with Gasteiger partial charge in [0.15, 0.2) is 0 Å². The smallest absolute Gasteiger partial charge is 0.237 e. The molecule has 1 amide bonds. The predicted octanol–water partition coefficient (Wildman–Crippen LogP) is 0.156. The van der Waals surface area contributed by atoms with Crippen LogP contribution >= 0.6 is 0 Å². The van der Waals surface area contributed by atoms with Crippen LogP contribution in [-0.2, 0) is 4.79 Å². The van der Waals surface area contributed by atoms with Crippen molar-refractivity contribution >= 4 is 5.91 Å². The lowest BCUT2D eigenvalue weighted by atomic mass is 10.2. The molecule has 2 rings (SSSR count). The second-order valence-electron chi connectivity index (χ2n) is 4.78. The first-order chi connectivity index (χ1) is 7.16. The van der Waals surface area contributed by atoms with Crippen molar-refractivity contribution in [2.75, 3.05) is 0 Å². The number of amides is 1. The highest BCUT2D eigenvalue weighted by molar-refractivity contribution is 5.81.